The molecule has 1 saturated heterocycles. The minimum absolute atomic E-state index is 0.466. The molecule has 0 aliphatic carbocycles. The first-order valence-electron chi connectivity index (χ1n) is 7.47. The number of hydrogen-bond donors (Lipinski definition) is 2. The van der Waals surface area contributed by atoms with Gasteiger partial charge in [0, 0.05) is 32.3 Å². The Bertz CT molecular complexity index is 726. The third kappa shape index (κ3) is 2.88. The third-order valence-electron chi connectivity index (χ3n) is 4.35. The Balaban J connectivity index is 1.89. The fourth-order valence-corrected chi connectivity index (χ4v) is 3.80. The summed E-state index contributed by atoms with van der Waals surface area (Å²) in [4.78, 5) is 5.66. The van der Waals surface area contributed by atoms with Crippen LogP contribution in [0.3, 0.4) is 0 Å². The van der Waals surface area contributed by atoms with Crippen molar-refractivity contribution in [2.45, 2.75) is 12.3 Å². The fourth-order valence-electron chi connectivity index (χ4n) is 3.19. The molecule has 2 N–H and O–H groups in total. The molecule has 1 atom stereocenters. The van der Waals surface area contributed by atoms with Gasteiger partial charge in [0.1, 0.15) is 0 Å². The van der Waals surface area contributed by atoms with Crippen LogP contribution in [0.1, 0.15) is 17.9 Å². The van der Waals surface area contributed by atoms with Crippen LogP contribution in [0.25, 0.3) is 11.0 Å². The SMILES string of the molecule is CNn1c(=S)[nH]c2cc(C3CCN(CCOC)C3)c(Cl)cc21. The van der Waals surface area contributed by atoms with Gasteiger partial charge < -0.3 is 20.0 Å². The first-order valence-corrected chi connectivity index (χ1v) is 8.26. The van der Waals surface area contributed by atoms with Gasteiger partial charge in [-0.15, -0.1) is 0 Å². The average Bonchev–Trinajstić information content (AvgIpc) is 3.07. The lowest BCUT2D eigenvalue weighted by Crippen LogP contribution is -2.24. The highest BCUT2D eigenvalue weighted by molar-refractivity contribution is 7.71. The second kappa shape index (κ2) is 6.58. The smallest absolute Gasteiger partial charge is 0.196 e. The summed E-state index contributed by atoms with van der Waals surface area (Å²) in [5.74, 6) is 0.466. The van der Waals surface area contributed by atoms with Crippen LogP contribution < -0.4 is 5.43 Å². The molecule has 0 spiro atoms. The van der Waals surface area contributed by atoms with Gasteiger partial charge in [0.2, 0.25) is 0 Å². The molecule has 22 heavy (non-hydrogen) atoms. The molecule has 1 fully saturated rings. The molecule has 1 aromatic carbocycles. The molecule has 0 radical (unpaired) electrons. The van der Waals surface area contributed by atoms with Crippen molar-refractivity contribution >= 4 is 34.9 Å². The predicted octanol–water partition coefficient (Wildman–Crippen LogP) is 2.96. The lowest BCUT2D eigenvalue weighted by atomic mass is 9.98. The first-order chi connectivity index (χ1) is 10.6. The van der Waals surface area contributed by atoms with E-state index in [2.05, 4.69) is 21.4 Å². The van der Waals surface area contributed by atoms with Crippen LogP contribution in [0.5, 0.6) is 0 Å². The van der Waals surface area contributed by atoms with Crippen LogP contribution in [0.4, 0.5) is 0 Å². The maximum atomic E-state index is 6.54. The summed E-state index contributed by atoms with van der Waals surface area (Å²) < 4.78 is 7.65. The zero-order valence-electron chi connectivity index (χ0n) is 12.9. The molecule has 3 rings (SSSR count). The molecule has 1 aromatic heterocycles. The molecular formula is C15H21ClN4OS. The predicted molar refractivity (Wildman–Crippen MR) is 93.1 cm³/mol. The largest absolute Gasteiger partial charge is 0.383 e. The number of likely N-dealkylation sites (tertiary alicyclic amines) is 1. The van der Waals surface area contributed by atoms with E-state index >= 15 is 0 Å². The van der Waals surface area contributed by atoms with Gasteiger partial charge in [0.05, 0.1) is 17.6 Å². The summed E-state index contributed by atoms with van der Waals surface area (Å²) in [6.45, 7) is 3.88. The minimum Gasteiger partial charge on any atom is -0.383 e. The number of benzene rings is 1. The third-order valence-corrected chi connectivity index (χ3v) is 4.96. The zero-order chi connectivity index (χ0) is 15.7. The van der Waals surface area contributed by atoms with E-state index in [1.807, 2.05) is 17.8 Å². The Morgan fingerprint density at radius 2 is 2.32 bits per heavy atom. The number of rotatable bonds is 5. The topological polar surface area (TPSA) is 45.2 Å². The van der Waals surface area contributed by atoms with E-state index in [0.717, 1.165) is 48.7 Å². The molecule has 7 heteroatoms. The van der Waals surface area contributed by atoms with Crippen molar-refractivity contribution in [2.24, 2.45) is 0 Å². The Labute approximate surface area is 140 Å². The van der Waals surface area contributed by atoms with Crippen LogP contribution >= 0.6 is 23.8 Å². The molecule has 2 heterocycles. The number of methoxy groups -OCH3 is 1. The van der Waals surface area contributed by atoms with Crippen molar-refractivity contribution in [3.05, 3.63) is 27.5 Å². The fraction of sp³-hybridized carbons (Fsp3) is 0.533. The van der Waals surface area contributed by atoms with Crippen molar-refractivity contribution < 1.29 is 4.74 Å². The van der Waals surface area contributed by atoms with Gasteiger partial charge in [0.15, 0.2) is 4.77 Å². The highest BCUT2D eigenvalue weighted by Crippen LogP contribution is 2.34. The first kappa shape index (κ1) is 15.8. The van der Waals surface area contributed by atoms with E-state index in [4.69, 9.17) is 28.6 Å². The molecule has 0 bridgehead atoms. The van der Waals surface area contributed by atoms with Crippen LogP contribution in [0.2, 0.25) is 5.02 Å². The van der Waals surface area contributed by atoms with Crippen molar-refractivity contribution in [3.63, 3.8) is 0 Å². The van der Waals surface area contributed by atoms with Gasteiger partial charge in [-0.1, -0.05) is 11.6 Å². The van der Waals surface area contributed by atoms with E-state index in [1.54, 1.807) is 7.11 Å². The van der Waals surface area contributed by atoms with E-state index < -0.39 is 0 Å². The molecule has 5 nitrogen and oxygen atoms in total. The molecule has 0 saturated carbocycles. The van der Waals surface area contributed by atoms with Crippen molar-refractivity contribution in [3.8, 4) is 0 Å². The Kier molecular flexibility index (Phi) is 4.73. The normalized spacial score (nSPS) is 19.1. The lowest BCUT2D eigenvalue weighted by Gasteiger charge is -2.16. The summed E-state index contributed by atoms with van der Waals surface area (Å²) in [7, 11) is 3.59. The Morgan fingerprint density at radius 1 is 1.50 bits per heavy atom. The number of imidazole rings is 1. The molecular weight excluding hydrogens is 320 g/mol. The van der Waals surface area contributed by atoms with Crippen molar-refractivity contribution in [1.29, 1.82) is 0 Å². The summed E-state index contributed by atoms with van der Waals surface area (Å²) >= 11 is 11.9. The molecule has 1 unspecified atom stereocenters. The summed E-state index contributed by atoms with van der Waals surface area (Å²) in [5, 5.41) is 0.809. The molecule has 1 aliphatic heterocycles. The van der Waals surface area contributed by atoms with Gasteiger partial charge in [0.25, 0.3) is 0 Å². The Morgan fingerprint density at radius 3 is 3.05 bits per heavy atom. The van der Waals surface area contributed by atoms with Crippen molar-refractivity contribution in [2.75, 3.05) is 45.8 Å². The number of ether oxygens (including phenoxy) is 1. The number of aromatic nitrogens is 2. The van der Waals surface area contributed by atoms with Gasteiger partial charge in [-0.05, 0) is 48.8 Å². The highest BCUT2D eigenvalue weighted by Gasteiger charge is 2.26. The average molecular weight is 341 g/mol. The number of nitrogens with zero attached hydrogens (tertiary/aromatic N) is 2. The van der Waals surface area contributed by atoms with Gasteiger partial charge in [-0.2, -0.15) is 0 Å². The van der Waals surface area contributed by atoms with E-state index in [9.17, 15) is 0 Å². The quantitative estimate of drug-likeness (QED) is 0.821. The maximum absolute atomic E-state index is 6.54. The Hall–Kier alpha value is -1.08. The van der Waals surface area contributed by atoms with Gasteiger partial charge in [-0.25, -0.2) is 4.68 Å². The highest BCUT2D eigenvalue weighted by atomic mass is 35.5. The van der Waals surface area contributed by atoms with Crippen LogP contribution in [0, 0.1) is 4.77 Å². The summed E-state index contributed by atoms with van der Waals surface area (Å²) in [5.41, 5.74) is 6.27. The number of hydrogen-bond acceptors (Lipinski definition) is 4. The van der Waals surface area contributed by atoms with E-state index in [-0.39, 0.29) is 0 Å². The molecule has 2 aromatic rings. The van der Waals surface area contributed by atoms with E-state index in [1.165, 1.54) is 5.56 Å². The molecule has 120 valence electrons. The molecule has 0 amide bonds. The van der Waals surface area contributed by atoms with E-state index in [0.29, 0.717) is 10.7 Å². The second-order valence-electron chi connectivity index (χ2n) is 5.66. The maximum Gasteiger partial charge on any atom is 0.196 e. The van der Waals surface area contributed by atoms with Gasteiger partial charge in [-0.3, -0.25) is 0 Å². The summed E-state index contributed by atoms with van der Waals surface area (Å²) in [6.07, 6.45) is 1.13. The number of nitrogens with one attached hydrogen (secondary N) is 2. The molecule has 1 aliphatic rings. The number of fused-ring (bicyclic) bond motifs is 1. The zero-order valence-corrected chi connectivity index (χ0v) is 14.4. The summed E-state index contributed by atoms with van der Waals surface area (Å²) in [6, 6.07) is 4.14. The second-order valence-corrected chi connectivity index (χ2v) is 6.45. The number of H-pyrrole nitrogens is 1. The van der Waals surface area contributed by atoms with Gasteiger partial charge >= 0.3 is 0 Å². The number of halogens is 1. The monoisotopic (exact) mass is 340 g/mol. The minimum atomic E-state index is 0.466. The van der Waals surface area contributed by atoms with Crippen LogP contribution in [0.15, 0.2) is 12.1 Å². The van der Waals surface area contributed by atoms with Crippen LogP contribution in [-0.2, 0) is 4.74 Å². The lowest BCUT2D eigenvalue weighted by molar-refractivity contribution is 0.160. The number of aromatic amines is 1. The van der Waals surface area contributed by atoms with Crippen LogP contribution in [-0.4, -0.2) is 55.0 Å². The standard InChI is InChI=1S/C15H21ClN4OS/c1-17-20-14-8-12(16)11(7-13(14)18-15(20)22)10-3-4-19(9-10)5-6-21-2/h7-8,10,17H,3-6,9H2,1-2H3,(H,18,22). The van der Waals surface area contributed by atoms with Crippen molar-refractivity contribution in [1.82, 2.24) is 14.6 Å².